The number of carbonyl (C=O) groups excluding carboxylic acids is 1. The number of alkyl halides is 2. The van der Waals surface area contributed by atoms with Crippen LogP contribution in [0, 0.1) is 0 Å². The molecule has 1 aliphatic rings. The molecule has 1 aromatic rings. The van der Waals surface area contributed by atoms with Crippen molar-refractivity contribution >= 4 is 5.91 Å². The molecule has 134 valence electrons. The molecule has 2 N–H and O–H groups in total. The van der Waals surface area contributed by atoms with E-state index in [9.17, 15) is 13.6 Å². The molecule has 0 aliphatic carbocycles. The van der Waals surface area contributed by atoms with Crippen LogP contribution in [0.2, 0.25) is 0 Å². The molecule has 0 radical (unpaired) electrons. The van der Waals surface area contributed by atoms with Gasteiger partial charge in [0.15, 0.2) is 11.5 Å². The number of benzene rings is 1. The summed E-state index contributed by atoms with van der Waals surface area (Å²) in [5.41, 5.74) is 0.427. The molecule has 8 heteroatoms. The highest BCUT2D eigenvalue weighted by Gasteiger charge is 2.29. The van der Waals surface area contributed by atoms with Gasteiger partial charge in [-0.1, -0.05) is 12.1 Å². The van der Waals surface area contributed by atoms with Crippen molar-refractivity contribution in [2.45, 2.75) is 38.6 Å². The number of hydrogen-bond acceptors (Lipinski definition) is 5. The Morgan fingerprint density at radius 3 is 2.88 bits per heavy atom. The van der Waals surface area contributed by atoms with Crippen molar-refractivity contribution in [3.05, 3.63) is 23.8 Å². The van der Waals surface area contributed by atoms with E-state index in [2.05, 4.69) is 15.4 Å². The summed E-state index contributed by atoms with van der Waals surface area (Å²) < 4.78 is 40.4. The second-order valence-electron chi connectivity index (χ2n) is 5.33. The zero-order valence-electron chi connectivity index (χ0n) is 13.7. The zero-order valence-corrected chi connectivity index (χ0v) is 13.7. The summed E-state index contributed by atoms with van der Waals surface area (Å²) in [4.78, 5) is 12.2. The Hall–Kier alpha value is -1.93. The van der Waals surface area contributed by atoms with Gasteiger partial charge in [-0.2, -0.15) is 8.78 Å². The molecular weight excluding hydrogens is 322 g/mol. The maximum absolute atomic E-state index is 12.7. The number of nitrogens with one attached hydrogen (secondary N) is 2. The smallest absolute Gasteiger partial charge is 0.387 e. The third-order valence-corrected chi connectivity index (χ3v) is 3.76. The lowest BCUT2D eigenvalue weighted by molar-refractivity contribution is -0.123. The monoisotopic (exact) mass is 344 g/mol. The van der Waals surface area contributed by atoms with Gasteiger partial charge in [0.05, 0.1) is 18.8 Å². The van der Waals surface area contributed by atoms with Gasteiger partial charge in [0, 0.05) is 25.8 Å². The predicted molar refractivity (Wildman–Crippen MR) is 83.3 cm³/mol. The minimum atomic E-state index is -2.97. The lowest BCUT2D eigenvalue weighted by Gasteiger charge is -2.17. The SMILES string of the molecule is CCOc1cccc(CNC(=O)[C@H]2C[C@@H](OC)CN2)c1OC(F)F. The Labute approximate surface area is 139 Å². The third-order valence-electron chi connectivity index (χ3n) is 3.76. The van der Waals surface area contributed by atoms with Gasteiger partial charge in [-0.15, -0.1) is 0 Å². The average molecular weight is 344 g/mol. The summed E-state index contributed by atoms with van der Waals surface area (Å²) in [5, 5.41) is 5.79. The van der Waals surface area contributed by atoms with Crippen LogP contribution in [0.4, 0.5) is 8.78 Å². The molecule has 0 aromatic heterocycles. The predicted octanol–water partition coefficient (Wildman–Crippen LogP) is 1.68. The van der Waals surface area contributed by atoms with E-state index < -0.39 is 6.61 Å². The molecule has 6 nitrogen and oxygen atoms in total. The van der Waals surface area contributed by atoms with Crippen molar-refractivity contribution in [2.24, 2.45) is 0 Å². The van der Waals surface area contributed by atoms with Crippen molar-refractivity contribution in [1.29, 1.82) is 0 Å². The Morgan fingerprint density at radius 2 is 2.25 bits per heavy atom. The summed E-state index contributed by atoms with van der Waals surface area (Å²) in [6.45, 7) is -0.232. The van der Waals surface area contributed by atoms with Gasteiger partial charge in [-0.05, 0) is 19.4 Å². The van der Waals surface area contributed by atoms with Gasteiger partial charge in [-0.3, -0.25) is 4.79 Å². The molecule has 1 fully saturated rings. The largest absolute Gasteiger partial charge is 0.490 e. The Morgan fingerprint density at radius 1 is 1.46 bits per heavy atom. The molecule has 1 heterocycles. The van der Waals surface area contributed by atoms with E-state index in [1.54, 1.807) is 32.2 Å². The van der Waals surface area contributed by atoms with Crippen molar-refractivity contribution in [1.82, 2.24) is 10.6 Å². The molecule has 0 unspecified atom stereocenters. The maximum Gasteiger partial charge on any atom is 0.387 e. The first kappa shape index (κ1) is 18.4. The number of methoxy groups -OCH3 is 1. The topological polar surface area (TPSA) is 68.8 Å². The number of ether oxygens (including phenoxy) is 3. The minimum absolute atomic E-state index is 0.000222. The van der Waals surface area contributed by atoms with E-state index in [4.69, 9.17) is 9.47 Å². The van der Waals surface area contributed by atoms with Crippen LogP contribution in [0.5, 0.6) is 11.5 Å². The number of para-hydroxylation sites is 1. The number of rotatable bonds is 8. The summed E-state index contributed by atoms with van der Waals surface area (Å²) in [6.07, 6.45) is 0.571. The van der Waals surface area contributed by atoms with Crippen LogP contribution in [0.15, 0.2) is 18.2 Å². The average Bonchev–Trinajstić information content (AvgIpc) is 3.04. The first-order valence-electron chi connectivity index (χ1n) is 7.78. The molecule has 1 saturated heterocycles. The molecule has 1 amide bonds. The standard InChI is InChI=1S/C16H22F2N2O4/c1-3-23-13-6-4-5-10(14(13)24-16(17)18)8-20-15(21)12-7-11(22-2)9-19-12/h4-6,11-12,16,19H,3,7-9H2,1-2H3,(H,20,21)/t11-,12-/m1/s1. The first-order chi connectivity index (χ1) is 11.5. The molecule has 1 aromatic carbocycles. The molecule has 0 spiro atoms. The van der Waals surface area contributed by atoms with Gasteiger partial charge >= 0.3 is 6.61 Å². The van der Waals surface area contributed by atoms with Gasteiger partial charge in [-0.25, -0.2) is 0 Å². The number of halogens is 2. The van der Waals surface area contributed by atoms with Crippen molar-refractivity contribution in [3.8, 4) is 11.5 Å². The van der Waals surface area contributed by atoms with Crippen LogP contribution in [0.25, 0.3) is 0 Å². The van der Waals surface area contributed by atoms with Gasteiger partial charge in [0.2, 0.25) is 5.91 Å². The van der Waals surface area contributed by atoms with Gasteiger partial charge in [0.1, 0.15) is 0 Å². The van der Waals surface area contributed by atoms with Crippen LogP contribution in [0.1, 0.15) is 18.9 Å². The molecule has 0 bridgehead atoms. The van der Waals surface area contributed by atoms with Crippen molar-refractivity contribution < 1.29 is 27.8 Å². The second kappa shape index (κ2) is 8.79. The highest BCUT2D eigenvalue weighted by atomic mass is 19.3. The fourth-order valence-electron chi connectivity index (χ4n) is 2.58. The van der Waals surface area contributed by atoms with Gasteiger partial charge < -0.3 is 24.8 Å². The van der Waals surface area contributed by atoms with Gasteiger partial charge in [0.25, 0.3) is 0 Å². The summed E-state index contributed by atoms with van der Waals surface area (Å²) in [7, 11) is 1.60. The minimum Gasteiger partial charge on any atom is -0.490 e. The lowest BCUT2D eigenvalue weighted by Crippen LogP contribution is -2.40. The second-order valence-corrected chi connectivity index (χ2v) is 5.33. The Kier molecular flexibility index (Phi) is 6.74. The normalized spacial score (nSPS) is 20.2. The zero-order chi connectivity index (χ0) is 17.5. The van der Waals surface area contributed by atoms with E-state index in [1.165, 1.54) is 0 Å². The number of hydrogen-bond donors (Lipinski definition) is 2. The molecule has 24 heavy (non-hydrogen) atoms. The third kappa shape index (κ3) is 4.78. The fourth-order valence-corrected chi connectivity index (χ4v) is 2.58. The van der Waals surface area contributed by atoms with Crippen LogP contribution in [0.3, 0.4) is 0 Å². The van der Waals surface area contributed by atoms with Crippen LogP contribution < -0.4 is 20.1 Å². The highest BCUT2D eigenvalue weighted by molar-refractivity contribution is 5.82. The molecule has 1 aliphatic heterocycles. The first-order valence-corrected chi connectivity index (χ1v) is 7.78. The molecular formula is C16H22F2N2O4. The quantitative estimate of drug-likeness (QED) is 0.751. The van der Waals surface area contributed by atoms with Crippen LogP contribution in [-0.2, 0) is 16.1 Å². The fraction of sp³-hybridized carbons (Fsp3) is 0.562. The van der Waals surface area contributed by atoms with Crippen LogP contribution >= 0.6 is 0 Å². The molecule has 2 atom stereocenters. The summed E-state index contributed by atoms with van der Waals surface area (Å²) in [6, 6.07) is 4.47. The summed E-state index contributed by atoms with van der Waals surface area (Å²) >= 11 is 0. The highest BCUT2D eigenvalue weighted by Crippen LogP contribution is 2.32. The summed E-state index contributed by atoms with van der Waals surface area (Å²) in [5.74, 6) is -0.0360. The number of carbonyl (C=O) groups is 1. The van der Waals surface area contributed by atoms with Crippen molar-refractivity contribution in [2.75, 3.05) is 20.3 Å². The lowest BCUT2D eigenvalue weighted by atomic mass is 10.1. The molecule has 0 saturated carbocycles. The van der Waals surface area contributed by atoms with E-state index in [1.807, 2.05) is 0 Å². The Bertz CT molecular complexity index is 557. The van der Waals surface area contributed by atoms with Crippen LogP contribution in [-0.4, -0.2) is 44.9 Å². The van der Waals surface area contributed by atoms with E-state index in [0.717, 1.165) is 0 Å². The maximum atomic E-state index is 12.7. The van der Waals surface area contributed by atoms with E-state index in [-0.39, 0.29) is 36.1 Å². The Balaban J connectivity index is 2.03. The molecule has 2 rings (SSSR count). The van der Waals surface area contributed by atoms with E-state index >= 15 is 0 Å². The van der Waals surface area contributed by atoms with E-state index in [0.29, 0.717) is 25.1 Å². The number of amides is 1. The van der Waals surface area contributed by atoms with Crippen molar-refractivity contribution in [3.63, 3.8) is 0 Å².